The molecule has 0 unspecified atom stereocenters. The first-order chi connectivity index (χ1) is 6.87. The van der Waals surface area contributed by atoms with Gasteiger partial charge in [-0.3, -0.25) is 4.68 Å². The molecule has 0 aliphatic rings. The van der Waals surface area contributed by atoms with E-state index in [-0.39, 0.29) is 11.5 Å². The van der Waals surface area contributed by atoms with Crippen LogP contribution in [0.5, 0.6) is 0 Å². The molecule has 0 saturated carbocycles. The maximum atomic E-state index is 11.3. The Morgan fingerprint density at radius 2 is 2.00 bits per heavy atom. The highest BCUT2D eigenvalue weighted by Crippen LogP contribution is 2.14. The third kappa shape index (κ3) is 2.71. The summed E-state index contributed by atoms with van der Waals surface area (Å²) in [5.74, 6) is 0.284. The van der Waals surface area contributed by atoms with E-state index < -0.39 is 9.84 Å². The van der Waals surface area contributed by atoms with E-state index in [1.165, 1.54) is 0 Å². The van der Waals surface area contributed by atoms with Crippen LogP contribution in [0.3, 0.4) is 0 Å². The van der Waals surface area contributed by atoms with Crippen molar-refractivity contribution in [1.82, 2.24) is 9.78 Å². The number of sulfone groups is 1. The Labute approximate surface area is 90.2 Å². The van der Waals surface area contributed by atoms with Gasteiger partial charge in [0.2, 0.25) is 0 Å². The first kappa shape index (κ1) is 12.0. The minimum Gasteiger partial charge on any atom is -0.396 e. The highest BCUT2D eigenvalue weighted by molar-refractivity contribution is 7.91. The van der Waals surface area contributed by atoms with Gasteiger partial charge < -0.3 is 5.73 Å². The fraction of sp³-hybridized carbons (Fsp3) is 0.667. The third-order valence-corrected chi connectivity index (χ3v) is 4.18. The quantitative estimate of drug-likeness (QED) is 0.819. The second-order valence-electron chi connectivity index (χ2n) is 3.54. The molecule has 1 rings (SSSR count). The van der Waals surface area contributed by atoms with Crippen molar-refractivity contribution in [2.45, 2.75) is 27.3 Å². The van der Waals surface area contributed by atoms with Crippen molar-refractivity contribution in [2.75, 3.05) is 17.2 Å². The molecule has 1 aromatic heterocycles. The van der Waals surface area contributed by atoms with Gasteiger partial charge in [-0.25, -0.2) is 8.42 Å². The molecule has 0 aliphatic carbocycles. The lowest BCUT2D eigenvalue weighted by Gasteiger charge is -2.04. The van der Waals surface area contributed by atoms with E-state index in [0.717, 1.165) is 11.4 Å². The second-order valence-corrected chi connectivity index (χ2v) is 6.02. The number of nitrogen functional groups attached to an aromatic ring is 1. The van der Waals surface area contributed by atoms with E-state index in [0.29, 0.717) is 12.2 Å². The standard InChI is InChI=1S/C9H17N3O2S/c1-4-15(13,14)6-5-12-8(3)9(10)7(2)11-12/h4-6,10H2,1-3H3. The van der Waals surface area contributed by atoms with Gasteiger partial charge in [0.25, 0.3) is 0 Å². The first-order valence-electron chi connectivity index (χ1n) is 4.87. The van der Waals surface area contributed by atoms with Crippen molar-refractivity contribution in [3.05, 3.63) is 11.4 Å². The molecule has 5 nitrogen and oxygen atoms in total. The zero-order chi connectivity index (χ0) is 11.6. The van der Waals surface area contributed by atoms with E-state index in [1.807, 2.05) is 13.8 Å². The average Bonchev–Trinajstić information content (AvgIpc) is 2.43. The zero-order valence-corrected chi connectivity index (χ0v) is 10.1. The molecule has 0 amide bonds. The van der Waals surface area contributed by atoms with Crippen LogP contribution in [0.2, 0.25) is 0 Å². The fourth-order valence-corrected chi connectivity index (χ4v) is 2.04. The second kappa shape index (κ2) is 4.22. The van der Waals surface area contributed by atoms with Gasteiger partial charge in [-0.1, -0.05) is 6.92 Å². The van der Waals surface area contributed by atoms with Crippen LogP contribution < -0.4 is 5.73 Å². The van der Waals surface area contributed by atoms with Crippen molar-refractivity contribution in [3.8, 4) is 0 Å². The van der Waals surface area contributed by atoms with Gasteiger partial charge in [0.05, 0.1) is 29.4 Å². The van der Waals surface area contributed by atoms with Gasteiger partial charge in [-0.05, 0) is 13.8 Å². The normalized spacial score (nSPS) is 11.9. The monoisotopic (exact) mass is 231 g/mol. The number of nitrogens with two attached hydrogens (primary N) is 1. The van der Waals surface area contributed by atoms with Gasteiger partial charge >= 0.3 is 0 Å². The number of hydrogen-bond acceptors (Lipinski definition) is 4. The summed E-state index contributed by atoms with van der Waals surface area (Å²) >= 11 is 0. The minimum absolute atomic E-state index is 0.116. The number of nitrogens with zero attached hydrogens (tertiary/aromatic N) is 2. The van der Waals surface area contributed by atoms with Crippen molar-refractivity contribution in [2.24, 2.45) is 0 Å². The smallest absolute Gasteiger partial charge is 0.151 e. The summed E-state index contributed by atoms with van der Waals surface area (Å²) in [6.07, 6.45) is 0. The summed E-state index contributed by atoms with van der Waals surface area (Å²) in [5, 5.41) is 4.17. The fourth-order valence-electron chi connectivity index (χ4n) is 1.30. The maximum absolute atomic E-state index is 11.3. The summed E-state index contributed by atoms with van der Waals surface area (Å²) in [4.78, 5) is 0. The Hall–Kier alpha value is -1.04. The Balaban J connectivity index is 2.79. The van der Waals surface area contributed by atoms with Crippen LogP contribution in [0.15, 0.2) is 0 Å². The van der Waals surface area contributed by atoms with Crippen LogP contribution in [-0.4, -0.2) is 29.7 Å². The first-order valence-corrected chi connectivity index (χ1v) is 6.69. The van der Waals surface area contributed by atoms with Crippen LogP contribution >= 0.6 is 0 Å². The SMILES string of the molecule is CCS(=O)(=O)CCn1nc(C)c(N)c1C. The highest BCUT2D eigenvalue weighted by atomic mass is 32.2. The molecule has 15 heavy (non-hydrogen) atoms. The molecule has 86 valence electrons. The number of aromatic nitrogens is 2. The predicted octanol–water partition coefficient (Wildman–Crippen LogP) is 0.517. The van der Waals surface area contributed by atoms with E-state index in [1.54, 1.807) is 11.6 Å². The molecular formula is C9H17N3O2S. The summed E-state index contributed by atoms with van der Waals surface area (Å²) in [7, 11) is -2.94. The number of rotatable bonds is 4. The van der Waals surface area contributed by atoms with Gasteiger partial charge in [-0.2, -0.15) is 5.10 Å². The molecule has 0 spiro atoms. The van der Waals surface area contributed by atoms with Crippen molar-refractivity contribution in [1.29, 1.82) is 0 Å². The van der Waals surface area contributed by atoms with Crippen molar-refractivity contribution in [3.63, 3.8) is 0 Å². The van der Waals surface area contributed by atoms with E-state index in [9.17, 15) is 8.42 Å². The van der Waals surface area contributed by atoms with Crippen molar-refractivity contribution >= 4 is 15.5 Å². The summed E-state index contributed by atoms with van der Waals surface area (Å²) in [6.45, 7) is 5.67. The molecule has 1 aromatic rings. The summed E-state index contributed by atoms with van der Waals surface area (Å²) < 4.78 is 24.3. The number of anilines is 1. The molecule has 0 aliphatic heterocycles. The Kier molecular flexibility index (Phi) is 3.38. The average molecular weight is 231 g/mol. The molecule has 6 heteroatoms. The van der Waals surface area contributed by atoms with Gasteiger partial charge in [-0.15, -0.1) is 0 Å². The lowest BCUT2D eigenvalue weighted by atomic mass is 10.3. The molecule has 2 N–H and O–H groups in total. The van der Waals surface area contributed by atoms with Gasteiger partial charge in [0.15, 0.2) is 9.84 Å². The van der Waals surface area contributed by atoms with E-state index in [4.69, 9.17) is 5.73 Å². The van der Waals surface area contributed by atoms with E-state index in [2.05, 4.69) is 5.10 Å². The molecular weight excluding hydrogens is 214 g/mol. The van der Waals surface area contributed by atoms with Gasteiger partial charge in [0, 0.05) is 5.75 Å². The van der Waals surface area contributed by atoms with Crippen LogP contribution in [-0.2, 0) is 16.4 Å². The predicted molar refractivity (Wildman–Crippen MR) is 60.4 cm³/mol. The highest BCUT2D eigenvalue weighted by Gasteiger charge is 2.11. The molecule has 0 bridgehead atoms. The lowest BCUT2D eigenvalue weighted by molar-refractivity contribution is 0.577. The van der Waals surface area contributed by atoms with Crippen molar-refractivity contribution < 1.29 is 8.42 Å². The molecule has 1 heterocycles. The Bertz CT molecular complexity index is 448. The van der Waals surface area contributed by atoms with Crippen LogP contribution in [0.4, 0.5) is 5.69 Å². The lowest BCUT2D eigenvalue weighted by Crippen LogP contribution is -2.16. The molecule has 0 atom stereocenters. The Morgan fingerprint density at radius 3 is 2.40 bits per heavy atom. The Morgan fingerprint density at radius 1 is 1.40 bits per heavy atom. The molecule has 0 aromatic carbocycles. The zero-order valence-electron chi connectivity index (χ0n) is 9.32. The minimum atomic E-state index is -2.94. The topological polar surface area (TPSA) is 78.0 Å². The van der Waals surface area contributed by atoms with Crippen LogP contribution in [0.1, 0.15) is 18.3 Å². The van der Waals surface area contributed by atoms with Gasteiger partial charge in [0.1, 0.15) is 0 Å². The number of aryl methyl sites for hydroxylation is 2. The maximum Gasteiger partial charge on any atom is 0.151 e. The van der Waals surface area contributed by atoms with E-state index >= 15 is 0 Å². The third-order valence-electron chi connectivity index (χ3n) is 2.49. The van der Waals surface area contributed by atoms with Crippen LogP contribution in [0.25, 0.3) is 0 Å². The largest absolute Gasteiger partial charge is 0.396 e. The molecule has 0 fully saturated rings. The summed E-state index contributed by atoms with van der Waals surface area (Å²) in [6, 6.07) is 0. The summed E-state index contributed by atoms with van der Waals surface area (Å²) in [5.41, 5.74) is 7.97. The van der Waals surface area contributed by atoms with Crippen LogP contribution in [0, 0.1) is 13.8 Å². The molecule has 0 saturated heterocycles. The number of hydrogen-bond donors (Lipinski definition) is 1. The molecule has 0 radical (unpaired) electrons.